The highest BCUT2D eigenvalue weighted by Crippen LogP contribution is 2.22. The lowest BCUT2D eigenvalue weighted by Gasteiger charge is -2.18. The summed E-state index contributed by atoms with van der Waals surface area (Å²) in [7, 11) is 0. The smallest absolute Gasteiger partial charge is 0.194 e. The first kappa shape index (κ1) is 16.9. The number of nitrogens with one attached hydrogen (secondary N) is 2. The van der Waals surface area contributed by atoms with Crippen LogP contribution in [0.25, 0.3) is 10.9 Å². The van der Waals surface area contributed by atoms with E-state index in [4.69, 9.17) is 4.74 Å². The molecular formula is C20H24N4O2. The lowest BCUT2D eigenvalue weighted by molar-refractivity contribution is -0.000365. The molecule has 0 amide bonds. The maximum atomic E-state index is 9.36. The Morgan fingerprint density at radius 1 is 1.35 bits per heavy atom. The Hall–Kier alpha value is -2.57. The predicted molar refractivity (Wildman–Crippen MR) is 102 cm³/mol. The minimum Gasteiger partial charge on any atom is -0.465 e. The van der Waals surface area contributed by atoms with Crippen LogP contribution in [-0.4, -0.2) is 45.6 Å². The van der Waals surface area contributed by atoms with Gasteiger partial charge in [0.2, 0.25) is 0 Å². The maximum Gasteiger partial charge on any atom is 0.194 e. The number of H-pyrrole nitrogens is 1. The topological polar surface area (TPSA) is 73.4 Å². The van der Waals surface area contributed by atoms with Crippen LogP contribution in [0.2, 0.25) is 0 Å². The zero-order valence-electron chi connectivity index (χ0n) is 14.9. The van der Waals surface area contributed by atoms with Crippen molar-refractivity contribution in [1.29, 1.82) is 0 Å². The van der Waals surface area contributed by atoms with Gasteiger partial charge in [-0.25, -0.2) is 0 Å². The Morgan fingerprint density at radius 3 is 3.15 bits per heavy atom. The molecule has 0 aliphatic carbocycles. The Labute approximate surface area is 152 Å². The molecule has 1 saturated heterocycles. The SMILES string of the molecule is CC(O)Oc1cccc(CN2CCC(Nc3ccc4[nH]ncc4c3)C2)c1. The summed E-state index contributed by atoms with van der Waals surface area (Å²) >= 11 is 0. The summed E-state index contributed by atoms with van der Waals surface area (Å²) in [6.45, 7) is 4.57. The molecule has 0 bridgehead atoms. The van der Waals surface area contributed by atoms with Gasteiger partial charge < -0.3 is 15.2 Å². The second kappa shape index (κ2) is 7.35. The van der Waals surface area contributed by atoms with E-state index in [1.165, 1.54) is 5.56 Å². The van der Waals surface area contributed by atoms with Crippen LogP contribution in [0, 0.1) is 0 Å². The number of aliphatic hydroxyl groups excluding tert-OH is 1. The molecular weight excluding hydrogens is 328 g/mol. The van der Waals surface area contributed by atoms with E-state index in [2.05, 4.69) is 44.7 Å². The third-order valence-electron chi connectivity index (χ3n) is 4.69. The van der Waals surface area contributed by atoms with Crippen LogP contribution >= 0.6 is 0 Å². The van der Waals surface area contributed by atoms with Crippen molar-refractivity contribution in [3.63, 3.8) is 0 Å². The Morgan fingerprint density at radius 2 is 2.27 bits per heavy atom. The van der Waals surface area contributed by atoms with E-state index in [1.54, 1.807) is 6.92 Å². The predicted octanol–water partition coefficient (Wildman–Crippen LogP) is 2.97. The van der Waals surface area contributed by atoms with E-state index >= 15 is 0 Å². The summed E-state index contributed by atoms with van der Waals surface area (Å²) in [5, 5.41) is 21.2. The molecule has 1 fully saturated rings. The number of hydrogen-bond acceptors (Lipinski definition) is 5. The Bertz CT molecular complexity index is 877. The molecule has 26 heavy (non-hydrogen) atoms. The van der Waals surface area contributed by atoms with Crippen LogP contribution in [0.15, 0.2) is 48.7 Å². The molecule has 2 atom stereocenters. The Kier molecular flexibility index (Phi) is 4.77. The zero-order chi connectivity index (χ0) is 17.9. The highest BCUT2D eigenvalue weighted by molar-refractivity contribution is 5.81. The van der Waals surface area contributed by atoms with E-state index in [9.17, 15) is 5.11 Å². The fourth-order valence-corrected chi connectivity index (χ4v) is 3.53. The number of ether oxygens (including phenoxy) is 1. The normalized spacial score (nSPS) is 18.9. The van der Waals surface area contributed by atoms with E-state index < -0.39 is 6.29 Å². The molecule has 6 nitrogen and oxygen atoms in total. The van der Waals surface area contributed by atoms with Crippen LogP contribution in [0.3, 0.4) is 0 Å². The van der Waals surface area contributed by atoms with Crippen LogP contribution in [0.5, 0.6) is 5.75 Å². The molecule has 1 aromatic heterocycles. The molecule has 1 aliphatic heterocycles. The summed E-state index contributed by atoms with van der Waals surface area (Å²) in [4.78, 5) is 2.44. The van der Waals surface area contributed by atoms with Crippen molar-refractivity contribution in [2.24, 2.45) is 0 Å². The van der Waals surface area contributed by atoms with Gasteiger partial charge in [-0.1, -0.05) is 12.1 Å². The number of hydrogen-bond donors (Lipinski definition) is 3. The molecule has 6 heteroatoms. The van der Waals surface area contributed by atoms with Gasteiger partial charge in [0.15, 0.2) is 6.29 Å². The van der Waals surface area contributed by atoms with Crippen LogP contribution in [0.1, 0.15) is 18.9 Å². The minimum atomic E-state index is -0.793. The van der Waals surface area contributed by atoms with E-state index in [-0.39, 0.29) is 0 Å². The molecule has 2 unspecified atom stereocenters. The zero-order valence-corrected chi connectivity index (χ0v) is 14.9. The van der Waals surface area contributed by atoms with Crippen molar-refractivity contribution < 1.29 is 9.84 Å². The summed E-state index contributed by atoms with van der Waals surface area (Å²) < 4.78 is 5.36. The molecule has 3 N–H and O–H groups in total. The lowest BCUT2D eigenvalue weighted by atomic mass is 10.2. The third kappa shape index (κ3) is 3.98. The van der Waals surface area contributed by atoms with Crippen molar-refractivity contribution in [3.05, 3.63) is 54.2 Å². The van der Waals surface area contributed by atoms with Gasteiger partial charge in [0, 0.05) is 36.7 Å². The molecule has 136 valence electrons. The second-order valence-electron chi connectivity index (χ2n) is 6.90. The number of anilines is 1. The molecule has 3 aromatic rings. The van der Waals surface area contributed by atoms with Crippen LogP contribution in [-0.2, 0) is 6.54 Å². The summed E-state index contributed by atoms with van der Waals surface area (Å²) in [6, 6.07) is 14.7. The van der Waals surface area contributed by atoms with E-state index in [1.807, 2.05) is 24.4 Å². The standard InChI is InChI=1S/C20H24N4O2/c1-14(25)26-19-4-2-3-15(9-19)12-24-8-7-18(13-24)22-17-5-6-20-16(10-17)11-21-23-20/h2-6,9-11,14,18,22,25H,7-8,12-13H2,1H3,(H,21,23). The molecule has 4 rings (SSSR count). The largest absolute Gasteiger partial charge is 0.465 e. The molecule has 1 aliphatic rings. The minimum absolute atomic E-state index is 0.441. The highest BCUT2D eigenvalue weighted by atomic mass is 16.6. The molecule has 0 saturated carbocycles. The van der Waals surface area contributed by atoms with Gasteiger partial charge in [-0.15, -0.1) is 0 Å². The second-order valence-corrected chi connectivity index (χ2v) is 6.90. The first-order valence-corrected chi connectivity index (χ1v) is 9.01. The van der Waals surface area contributed by atoms with E-state index in [0.717, 1.165) is 42.6 Å². The average Bonchev–Trinajstić information content (AvgIpc) is 3.23. The fourth-order valence-electron chi connectivity index (χ4n) is 3.53. The molecule has 0 radical (unpaired) electrons. The van der Waals surface area contributed by atoms with Gasteiger partial charge in [0.1, 0.15) is 5.75 Å². The molecule has 0 spiro atoms. The fraction of sp³-hybridized carbons (Fsp3) is 0.350. The van der Waals surface area contributed by atoms with Gasteiger partial charge >= 0.3 is 0 Å². The van der Waals surface area contributed by atoms with Gasteiger partial charge in [0.25, 0.3) is 0 Å². The molecule has 2 aromatic carbocycles. The highest BCUT2D eigenvalue weighted by Gasteiger charge is 2.22. The van der Waals surface area contributed by atoms with Gasteiger partial charge in [-0.05, 0) is 49.2 Å². The number of aliphatic hydroxyl groups is 1. The number of rotatable bonds is 6. The van der Waals surface area contributed by atoms with Crippen molar-refractivity contribution >= 4 is 16.6 Å². The number of nitrogens with zero attached hydrogens (tertiary/aromatic N) is 2. The van der Waals surface area contributed by atoms with Gasteiger partial charge in [-0.3, -0.25) is 10.00 Å². The van der Waals surface area contributed by atoms with Crippen LogP contribution in [0.4, 0.5) is 5.69 Å². The van der Waals surface area contributed by atoms with E-state index in [0.29, 0.717) is 11.8 Å². The number of aromatic amines is 1. The molecule has 2 heterocycles. The third-order valence-corrected chi connectivity index (χ3v) is 4.69. The Balaban J connectivity index is 1.34. The number of aromatic nitrogens is 2. The maximum absolute atomic E-state index is 9.36. The quantitative estimate of drug-likeness (QED) is 0.595. The number of likely N-dealkylation sites (tertiary alicyclic amines) is 1. The van der Waals surface area contributed by atoms with Crippen molar-refractivity contribution in [3.8, 4) is 5.75 Å². The first-order valence-electron chi connectivity index (χ1n) is 9.01. The van der Waals surface area contributed by atoms with Crippen molar-refractivity contribution in [1.82, 2.24) is 15.1 Å². The summed E-state index contributed by atoms with van der Waals surface area (Å²) in [5.74, 6) is 0.708. The lowest BCUT2D eigenvalue weighted by Crippen LogP contribution is -2.26. The van der Waals surface area contributed by atoms with Gasteiger partial charge in [-0.2, -0.15) is 5.10 Å². The van der Waals surface area contributed by atoms with Crippen LogP contribution < -0.4 is 10.1 Å². The first-order chi connectivity index (χ1) is 12.7. The van der Waals surface area contributed by atoms with Gasteiger partial charge in [0.05, 0.1) is 11.7 Å². The monoisotopic (exact) mass is 352 g/mol. The average molecular weight is 352 g/mol. The number of fused-ring (bicyclic) bond motifs is 1. The van der Waals surface area contributed by atoms with Crippen molar-refractivity contribution in [2.75, 3.05) is 18.4 Å². The van der Waals surface area contributed by atoms with Crippen molar-refractivity contribution in [2.45, 2.75) is 32.2 Å². The summed E-state index contributed by atoms with van der Waals surface area (Å²) in [6.07, 6.45) is 2.18. The number of benzene rings is 2. The summed E-state index contributed by atoms with van der Waals surface area (Å²) in [5.41, 5.74) is 3.39.